The third-order valence-corrected chi connectivity index (χ3v) is 4.14. The fourth-order valence-corrected chi connectivity index (χ4v) is 3.08. The van der Waals surface area contributed by atoms with Gasteiger partial charge in [-0.1, -0.05) is 72.3 Å². The Bertz CT molecular complexity index is 945. The number of fused-ring (bicyclic) bond motifs is 3. The van der Waals surface area contributed by atoms with Crippen molar-refractivity contribution in [2.24, 2.45) is 0 Å². The minimum Gasteiger partial charge on any atom is -0.244 e. The van der Waals surface area contributed by atoms with Crippen LogP contribution >= 0.6 is 11.6 Å². The third kappa shape index (κ3) is 1.98. The number of nitrogens with zero attached hydrogens (tertiary/aromatic N) is 1. The van der Waals surface area contributed by atoms with E-state index < -0.39 is 0 Å². The Labute approximate surface area is 127 Å². The number of rotatable bonds is 1. The first kappa shape index (κ1) is 12.4. The second kappa shape index (κ2) is 4.87. The first-order chi connectivity index (χ1) is 10.3. The van der Waals surface area contributed by atoms with Crippen LogP contribution in [0.15, 0.2) is 72.9 Å². The molecule has 4 aromatic rings. The number of aromatic nitrogens is 1. The summed E-state index contributed by atoms with van der Waals surface area (Å²) in [6.07, 6.45) is 1.76. The van der Waals surface area contributed by atoms with E-state index >= 15 is 0 Å². The molecule has 0 atom stereocenters. The molecule has 0 unspecified atom stereocenters. The molecule has 0 N–H and O–H groups in total. The van der Waals surface area contributed by atoms with Crippen molar-refractivity contribution >= 4 is 33.1 Å². The van der Waals surface area contributed by atoms with Gasteiger partial charge in [0.25, 0.3) is 0 Å². The molecule has 0 bridgehead atoms. The second-order valence-corrected chi connectivity index (χ2v) is 5.39. The normalized spacial score (nSPS) is 11.1. The van der Waals surface area contributed by atoms with Gasteiger partial charge in [0.2, 0.25) is 0 Å². The summed E-state index contributed by atoms with van der Waals surface area (Å²) >= 11 is 6.20. The first-order valence-corrected chi connectivity index (χ1v) is 7.24. The predicted octanol–water partition coefficient (Wildman–Crippen LogP) is 5.71. The standard InChI is InChI=1S/C19H12ClN/c20-19-18-10-9-16-14(13-5-2-1-3-6-13)7-4-8-15(16)17(18)11-12-21-19/h1-12H. The van der Waals surface area contributed by atoms with Crippen molar-refractivity contribution < 1.29 is 0 Å². The summed E-state index contributed by atoms with van der Waals surface area (Å²) in [7, 11) is 0. The van der Waals surface area contributed by atoms with Gasteiger partial charge in [0.1, 0.15) is 5.15 Å². The van der Waals surface area contributed by atoms with Crippen LogP contribution in [0.3, 0.4) is 0 Å². The first-order valence-electron chi connectivity index (χ1n) is 6.86. The van der Waals surface area contributed by atoms with E-state index in [0.29, 0.717) is 5.15 Å². The van der Waals surface area contributed by atoms with E-state index in [9.17, 15) is 0 Å². The van der Waals surface area contributed by atoms with Crippen molar-refractivity contribution in [3.8, 4) is 11.1 Å². The number of hydrogen-bond donors (Lipinski definition) is 0. The Balaban J connectivity index is 2.12. The Hall–Kier alpha value is -2.38. The minimum absolute atomic E-state index is 0.555. The van der Waals surface area contributed by atoms with Crippen LogP contribution in [0.1, 0.15) is 0 Å². The minimum atomic E-state index is 0.555. The van der Waals surface area contributed by atoms with E-state index in [2.05, 4.69) is 59.6 Å². The van der Waals surface area contributed by atoms with Crippen LogP contribution in [-0.4, -0.2) is 4.98 Å². The topological polar surface area (TPSA) is 12.9 Å². The highest BCUT2D eigenvalue weighted by Gasteiger charge is 2.08. The van der Waals surface area contributed by atoms with Crippen molar-refractivity contribution in [2.75, 3.05) is 0 Å². The van der Waals surface area contributed by atoms with Crippen molar-refractivity contribution in [2.45, 2.75) is 0 Å². The molecule has 0 aliphatic heterocycles. The molecule has 0 fully saturated rings. The molecule has 21 heavy (non-hydrogen) atoms. The molecule has 3 aromatic carbocycles. The van der Waals surface area contributed by atoms with Gasteiger partial charge in [0.15, 0.2) is 0 Å². The number of benzene rings is 3. The lowest BCUT2D eigenvalue weighted by atomic mass is 9.95. The number of pyridine rings is 1. The molecule has 100 valence electrons. The number of hydrogen-bond acceptors (Lipinski definition) is 1. The van der Waals surface area contributed by atoms with Gasteiger partial charge in [-0.25, -0.2) is 4.98 Å². The van der Waals surface area contributed by atoms with Gasteiger partial charge in [0, 0.05) is 11.6 Å². The average Bonchev–Trinajstić information content (AvgIpc) is 2.55. The van der Waals surface area contributed by atoms with E-state index in [0.717, 1.165) is 10.8 Å². The van der Waals surface area contributed by atoms with Crippen molar-refractivity contribution in [1.29, 1.82) is 0 Å². The second-order valence-electron chi connectivity index (χ2n) is 5.03. The van der Waals surface area contributed by atoms with E-state index in [1.165, 1.54) is 21.9 Å². The fraction of sp³-hybridized carbons (Fsp3) is 0. The Morgan fingerprint density at radius 3 is 2.24 bits per heavy atom. The summed E-state index contributed by atoms with van der Waals surface area (Å²) < 4.78 is 0. The van der Waals surface area contributed by atoms with Crippen LogP contribution in [0.5, 0.6) is 0 Å². The zero-order chi connectivity index (χ0) is 14.2. The lowest BCUT2D eigenvalue weighted by Gasteiger charge is -2.10. The molecule has 0 saturated heterocycles. The third-order valence-electron chi connectivity index (χ3n) is 3.84. The van der Waals surface area contributed by atoms with E-state index in [1.807, 2.05) is 12.1 Å². The van der Waals surface area contributed by atoms with Crippen molar-refractivity contribution in [3.63, 3.8) is 0 Å². The summed E-state index contributed by atoms with van der Waals surface area (Å²) in [6.45, 7) is 0. The molecule has 0 aliphatic carbocycles. The quantitative estimate of drug-likeness (QED) is 0.323. The molecule has 0 spiro atoms. The van der Waals surface area contributed by atoms with E-state index in [-0.39, 0.29) is 0 Å². The lowest BCUT2D eigenvalue weighted by Crippen LogP contribution is -1.84. The Morgan fingerprint density at radius 1 is 0.619 bits per heavy atom. The monoisotopic (exact) mass is 289 g/mol. The fourth-order valence-electron chi connectivity index (χ4n) is 2.86. The van der Waals surface area contributed by atoms with Crippen LogP contribution in [0.25, 0.3) is 32.7 Å². The highest BCUT2D eigenvalue weighted by molar-refractivity contribution is 6.35. The molecular weight excluding hydrogens is 278 g/mol. The SMILES string of the molecule is Clc1nccc2c1ccc1c(-c3ccccc3)cccc12. The maximum atomic E-state index is 6.20. The maximum Gasteiger partial charge on any atom is 0.136 e. The van der Waals surface area contributed by atoms with E-state index in [1.54, 1.807) is 6.20 Å². The molecule has 0 saturated carbocycles. The van der Waals surface area contributed by atoms with Crippen LogP contribution < -0.4 is 0 Å². The molecule has 0 aliphatic rings. The summed E-state index contributed by atoms with van der Waals surface area (Å²) in [5, 5.41) is 5.14. The highest BCUT2D eigenvalue weighted by Crippen LogP contribution is 2.34. The van der Waals surface area contributed by atoms with Crippen molar-refractivity contribution in [1.82, 2.24) is 4.98 Å². The molecule has 4 rings (SSSR count). The van der Waals surface area contributed by atoms with Gasteiger partial charge < -0.3 is 0 Å². The van der Waals surface area contributed by atoms with E-state index in [4.69, 9.17) is 11.6 Å². The zero-order valence-electron chi connectivity index (χ0n) is 11.3. The van der Waals surface area contributed by atoms with Crippen LogP contribution in [0.4, 0.5) is 0 Å². The molecule has 1 nitrogen and oxygen atoms in total. The number of halogens is 1. The Morgan fingerprint density at radius 2 is 1.38 bits per heavy atom. The summed E-state index contributed by atoms with van der Waals surface area (Å²) in [5.74, 6) is 0. The lowest BCUT2D eigenvalue weighted by molar-refractivity contribution is 1.37. The van der Waals surface area contributed by atoms with Crippen LogP contribution in [0.2, 0.25) is 5.15 Å². The average molecular weight is 290 g/mol. The smallest absolute Gasteiger partial charge is 0.136 e. The van der Waals surface area contributed by atoms with Gasteiger partial charge in [-0.05, 0) is 33.4 Å². The zero-order valence-corrected chi connectivity index (χ0v) is 12.0. The summed E-state index contributed by atoms with van der Waals surface area (Å²) in [6, 6.07) is 23.1. The molecule has 0 amide bonds. The molecule has 0 radical (unpaired) electrons. The van der Waals surface area contributed by atoms with Crippen LogP contribution in [0, 0.1) is 0 Å². The van der Waals surface area contributed by atoms with Crippen LogP contribution in [-0.2, 0) is 0 Å². The highest BCUT2D eigenvalue weighted by atomic mass is 35.5. The summed E-state index contributed by atoms with van der Waals surface area (Å²) in [4.78, 5) is 4.16. The molecule has 1 aromatic heterocycles. The maximum absolute atomic E-state index is 6.20. The van der Waals surface area contributed by atoms with Gasteiger partial charge >= 0.3 is 0 Å². The predicted molar refractivity (Wildman–Crippen MR) is 89.7 cm³/mol. The summed E-state index contributed by atoms with van der Waals surface area (Å²) in [5.41, 5.74) is 2.46. The molecular formula is C19H12ClN. The largest absolute Gasteiger partial charge is 0.244 e. The van der Waals surface area contributed by atoms with Gasteiger partial charge in [-0.2, -0.15) is 0 Å². The van der Waals surface area contributed by atoms with Crippen molar-refractivity contribution in [3.05, 3.63) is 78.1 Å². The van der Waals surface area contributed by atoms with Gasteiger partial charge in [-0.15, -0.1) is 0 Å². The molecule has 2 heteroatoms. The Kier molecular flexibility index (Phi) is 2.87. The van der Waals surface area contributed by atoms with Gasteiger partial charge in [0.05, 0.1) is 0 Å². The molecule has 1 heterocycles. The van der Waals surface area contributed by atoms with Gasteiger partial charge in [-0.3, -0.25) is 0 Å².